The summed E-state index contributed by atoms with van der Waals surface area (Å²) in [4.78, 5) is 25.3. The number of ether oxygens (including phenoxy) is 2. The van der Waals surface area contributed by atoms with Crippen molar-refractivity contribution in [3.05, 3.63) is 41.7 Å². The Morgan fingerprint density at radius 1 is 1.20 bits per heavy atom. The van der Waals surface area contributed by atoms with E-state index in [0.717, 1.165) is 44.7 Å². The Kier molecular flexibility index (Phi) is 7.83. The highest BCUT2D eigenvalue weighted by Crippen LogP contribution is 2.42. The molecule has 3 aromatic heterocycles. The summed E-state index contributed by atoms with van der Waals surface area (Å²) in [5.41, 5.74) is 2.98. The number of aryl methyl sites for hydroxylation is 1. The highest BCUT2D eigenvalue weighted by molar-refractivity contribution is 7.84. The lowest BCUT2D eigenvalue weighted by Crippen LogP contribution is -2.42. The molecule has 0 bridgehead atoms. The van der Waals surface area contributed by atoms with Gasteiger partial charge in [-0.15, -0.1) is 11.3 Å². The molecule has 1 amide bonds. The van der Waals surface area contributed by atoms with E-state index in [9.17, 15) is 9.00 Å². The van der Waals surface area contributed by atoms with E-state index in [1.165, 1.54) is 0 Å². The average molecular weight is 583 g/mol. The van der Waals surface area contributed by atoms with E-state index in [1.54, 1.807) is 35.8 Å². The van der Waals surface area contributed by atoms with Crippen LogP contribution in [0.15, 0.2) is 41.7 Å². The Hall–Kier alpha value is -3.51. The van der Waals surface area contributed by atoms with Gasteiger partial charge in [-0.3, -0.25) is 8.89 Å². The Balaban J connectivity index is 1.32. The van der Waals surface area contributed by atoms with Crippen molar-refractivity contribution in [1.29, 1.82) is 0 Å². The summed E-state index contributed by atoms with van der Waals surface area (Å²) in [5.74, 6) is 1.12. The van der Waals surface area contributed by atoms with Crippen molar-refractivity contribution in [3.63, 3.8) is 0 Å². The SMILES string of the molecule is COc1cc(S(C)=O)ccc1-c1c(C)sc2cnc(Nc3cnn(C4CCN(C(=O)OC(C)(C)C)CC4)c3)nc12. The van der Waals surface area contributed by atoms with Crippen molar-refractivity contribution in [2.24, 2.45) is 0 Å². The molecule has 12 heteroatoms. The minimum atomic E-state index is -1.11. The van der Waals surface area contributed by atoms with E-state index in [0.29, 0.717) is 29.7 Å². The Morgan fingerprint density at radius 3 is 2.62 bits per heavy atom. The summed E-state index contributed by atoms with van der Waals surface area (Å²) >= 11 is 1.62. The molecule has 1 atom stereocenters. The number of aromatic nitrogens is 4. The number of amides is 1. The zero-order valence-corrected chi connectivity index (χ0v) is 25.2. The van der Waals surface area contributed by atoms with Gasteiger partial charge < -0.3 is 19.7 Å². The van der Waals surface area contributed by atoms with Crippen LogP contribution < -0.4 is 10.1 Å². The summed E-state index contributed by atoms with van der Waals surface area (Å²) in [7, 11) is 0.511. The van der Waals surface area contributed by atoms with Gasteiger partial charge in [0.1, 0.15) is 11.4 Å². The number of carbonyl (C=O) groups excluding carboxylic acids is 1. The van der Waals surface area contributed by atoms with E-state index < -0.39 is 16.4 Å². The summed E-state index contributed by atoms with van der Waals surface area (Å²) in [6.45, 7) is 8.94. The number of likely N-dealkylation sites (tertiary alicyclic amines) is 1. The lowest BCUT2D eigenvalue weighted by molar-refractivity contribution is 0.0185. The number of rotatable bonds is 6. The van der Waals surface area contributed by atoms with Crippen LogP contribution in [0.5, 0.6) is 5.75 Å². The molecule has 1 aliphatic heterocycles. The highest BCUT2D eigenvalue weighted by Gasteiger charge is 2.28. The third kappa shape index (κ3) is 5.97. The van der Waals surface area contributed by atoms with Crippen LogP contribution in [-0.2, 0) is 15.5 Å². The maximum absolute atomic E-state index is 12.4. The number of methoxy groups -OCH3 is 1. The molecule has 5 rings (SSSR count). The fourth-order valence-corrected chi connectivity index (χ4v) is 6.33. The summed E-state index contributed by atoms with van der Waals surface area (Å²) in [6.07, 6.45) is 8.52. The summed E-state index contributed by atoms with van der Waals surface area (Å²) in [5, 5.41) is 7.86. The minimum Gasteiger partial charge on any atom is -0.496 e. The number of thiophene rings is 1. The molecule has 1 N–H and O–H groups in total. The largest absolute Gasteiger partial charge is 0.496 e. The van der Waals surface area contributed by atoms with Gasteiger partial charge in [0.15, 0.2) is 0 Å². The third-order valence-electron chi connectivity index (χ3n) is 6.73. The molecule has 1 aromatic carbocycles. The molecule has 1 fully saturated rings. The molecule has 212 valence electrons. The number of hydrogen-bond acceptors (Lipinski definition) is 9. The van der Waals surface area contributed by atoms with Gasteiger partial charge in [-0.2, -0.15) is 5.10 Å². The van der Waals surface area contributed by atoms with Crippen molar-refractivity contribution in [1.82, 2.24) is 24.6 Å². The van der Waals surface area contributed by atoms with Crippen LogP contribution in [0.4, 0.5) is 16.4 Å². The van der Waals surface area contributed by atoms with Crippen LogP contribution >= 0.6 is 11.3 Å². The van der Waals surface area contributed by atoms with Crippen LogP contribution in [0, 0.1) is 6.92 Å². The van der Waals surface area contributed by atoms with Gasteiger partial charge in [-0.1, -0.05) is 0 Å². The molecule has 1 aliphatic rings. The minimum absolute atomic E-state index is 0.191. The number of carbonyl (C=O) groups is 1. The fraction of sp³-hybridized carbons (Fsp3) is 0.429. The van der Waals surface area contributed by atoms with Crippen molar-refractivity contribution < 1.29 is 18.5 Å². The first-order valence-corrected chi connectivity index (χ1v) is 15.5. The van der Waals surface area contributed by atoms with E-state index in [4.69, 9.17) is 14.5 Å². The molecule has 0 aliphatic carbocycles. The first kappa shape index (κ1) is 28.0. The molecular formula is C28H34N6O4S2. The van der Waals surface area contributed by atoms with Gasteiger partial charge in [0, 0.05) is 57.2 Å². The zero-order valence-electron chi connectivity index (χ0n) is 23.6. The predicted molar refractivity (Wildman–Crippen MR) is 158 cm³/mol. The van der Waals surface area contributed by atoms with Crippen LogP contribution in [0.1, 0.15) is 44.5 Å². The molecule has 1 unspecified atom stereocenters. The van der Waals surface area contributed by atoms with Crippen LogP contribution in [-0.4, -0.2) is 67.0 Å². The first-order valence-electron chi connectivity index (χ1n) is 13.1. The number of fused-ring (bicyclic) bond motifs is 1. The summed E-state index contributed by atoms with van der Waals surface area (Å²) < 4.78 is 26.1. The number of anilines is 2. The van der Waals surface area contributed by atoms with Crippen LogP contribution in [0.2, 0.25) is 0 Å². The topological polar surface area (TPSA) is 111 Å². The molecule has 0 radical (unpaired) electrons. The van der Waals surface area contributed by atoms with Gasteiger partial charge in [0.05, 0.1) is 41.4 Å². The number of benzene rings is 1. The zero-order chi connectivity index (χ0) is 28.6. The predicted octanol–water partition coefficient (Wildman–Crippen LogP) is 5.92. The highest BCUT2D eigenvalue weighted by atomic mass is 32.2. The first-order chi connectivity index (χ1) is 19.0. The number of nitrogens with zero attached hydrogens (tertiary/aromatic N) is 5. The second-order valence-electron chi connectivity index (χ2n) is 10.8. The molecule has 4 heterocycles. The average Bonchev–Trinajstić information content (AvgIpc) is 3.50. The number of hydrogen-bond donors (Lipinski definition) is 1. The van der Waals surface area contributed by atoms with Gasteiger partial charge in [0.2, 0.25) is 5.95 Å². The Labute approximate surface area is 240 Å². The molecule has 40 heavy (non-hydrogen) atoms. The lowest BCUT2D eigenvalue weighted by atomic mass is 10.0. The number of nitrogens with one attached hydrogen (secondary N) is 1. The van der Waals surface area contributed by atoms with Gasteiger partial charge >= 0.3 is 6.09 Å². The quantitative estimate of drug-likeness (QED) is 0.298. The fourth-order valence-electron chi connectivity index (χ4n) is 4.81. The van der Waals surface area contributed by atoms with E-state index in [1.807, 2.05) is 56.0 Å². The molecular weight excluding hydrogens is 548 g/mol. The van der Waals surface area contributed by atoms with Crippen molar-refractivity contribution in [3.8, 4) is 16.9 Å². The van der Waals surface area contributed by atoms with E-state index in [-0.39, 0.29) is 12.1 Å². The molecule has 1 saturated heterocycles. The Morgan fingerprint density at radius 2 is 1.95 bits per heavy atom. The molecule has 10 nitrogen and oxygen atoms in total. The second kappa shape index (κ2) is 11.2. The van der Waals surface area contributed by atoms with Gasteiger partial charge in [-0.05, 0) is 58.7 Å². The normalized spacial score (nSPS) is 15.3. The van der Waals surface area contributed by atoms with Gasteiger partial charge in [-0.25, -0.2) is 14.8 Å². The standard InChI is InChI=1S/C28H34N6O4S2/c1-17-24(21-8-7-20(40(6)36)13-22(21)37-5)25-23(39-17)15-29-26(32-25)31-18-14-30-34(16-18)19-9-11-33(12-10-19)27(35)38-28(2,3)4/h7-8,13-16,19H,9-12H2,1-6H3,(H,29,31,32). The third-order valence-corrected chi connectivity index (χ3v) is 8.68. The second-order valence-corrected chi connectivity index (χ2v) is 13.4. The molecule has 4 aromatic rings. The lowest BCUT2D eigenvalue weighted by Gasteiger charge is -2.33. The van der Waals surface area contributed by atoms with Gasteiger partial charge in [0.25, 0.3) is 0 Å². The van der Waals surface area contributed by atoms with E-state index in [2.05, 4.69) is 22.3 Å². The smallest absolute Gasteiger partial charge is 0.410 e. The molecule has 0 spiro atoms. The maximum Gasteiger partial charge on any atom is 0.410 e. The van der Waals surface area contributed by atoms with Crippen molar-refractivity contribution in [2.45, 2.75) is 57.1 Å². The van der Waals surface area contributed by atoms with E-state index >= 15 is 0 Å². The summed E-state index contributed by atoms with van der Waals surface area (Å²) in [6, 6.07) is 5.82. The molecule has 0 saturated carbocycles. The Bertz CT molecular complexity index is 1570. The van der Waals surface area contributed by atoms with Crippen LogP contribution in [0.3, 0.4) is 0 Å². The van der Waals surface area contributed by atoms with Crippen molar-refractivity contribution >= 4 is 50.1 Å². The maximum atomic E-state index is 12.4. The monoisotopic (exact) mass is 582 g/mol. The number of piperidine rings is 1. The van der Waals surface area contributed by atoms with Crippen molar-refractivity contribution in [2.75, 3.05) is 31.8 Å². The van der Waals surface area contributed by atoms with Crippen LogP contribution in [0.25, 0.3) is 21.3 Å².